The van der Waals surface area contributed by atoms with E-state index in [0.717, 1.165) is 43.7 Å². The Morgan fingerprint density at radius 2 is 2.22 bits per heavy atom. The minimum atomic E-state index is 0.296. The van der Waals surface area contributed by atoms with E-state index in [1.807, 2.05) is 24.5 Å². The zero-order valence-electron chi connectivity index (χ0n) is 16.2. The molecule has 1 aliphatic rings. The Hall–Kier alpha value is -2.28. The summed E-state index contributed by atoms with van der Waals surface area (Å²) < 4.78 is 2.19. The predicted molar refractivity (Wildman–Crippen MR) is 110 cm³/mol. The van der Waals surface area contributed by atoms with Crippen LogP contribution in [0.2, 0.25) is 5.02 Å². The minimum absolute atomic E-state index is 0.296. The summed E-state index contributed by atoms with van der Waals surface area (Å²) in [6, 6.07) is 4.03. The third-order valence-electron chi connectivity index (χ3n) is 4.57. The van der Waals surface area contributed by atoms with E-state index in [4.69, 9.17) is 11.6 Å². The Morgan fingerprint density at radius 1 is 1.37 bits per heavy atom. The summed E-state index contributed by atoms with van der Waals surface area (Å²) in [6.45, 7) is 7.78. The number of imidazole rings is 1. The van der Waals surface area contributed by atoms with Crippen LogP contribution in [0.3, 0.4) is 0 Å². The second-order valence-electron chi connectivity index (χ2n) is 7.20. The van der Waals surface area contributed by atoms with Crippen LogP contribution < -0.4 is 15.5 Å². The van der Waals surface area contributed by atoms with Crippen LogP contribution in [-0.4, -0.2) is 46.7 Å². The molecule has 1 aliphatic heterocycles. The van der Waals surface area contributed by atoms with Gasteiger partial charge in [0.2, 0.25) is 0 Å². The van der Waals surface area contributed by atoms with Gasteiger partial charge in [0.25, 0.3) is 0 Å². The average Bonchev–Trinajstić information content (AvgIpc) is 3.28. The molecule has 2 aromatic rings. The molecule has 3 heterocycles. The van der Waals surface area contributed by atoms with Gasteiger partial charge in [-0.2, -0.15) is 0 Å². The molecule has 0 radical (unpaired) electrons. The van der Waals surface area contributed by atoms with E-state index in [-0.39, 0.29) is 0 Å². The van der Waals surface area contributed by atoms with Crippen LogP contribution >= 0.6 is 11.6 Å². The van der Waals surface area contributed by atoms with Crippen molar-refractivity contribution in [2.45, 2.75) is 39.4 Å². The van der Waals surface area contributed by atoms with E-state index >= 15 is 0 Å². The first-order chi connectivity index (χ1) is 13.1. The first-order valence-corrected chi connectivity index (χ1v) is 9.77. The van der Waals surface area contributed by atoms with Gasteiger partial charge in [-0.3, -0.25) is 4.99 Å². The summed E-state index contributed by atoms with van der Waals surface area (Å²) in [7, 11) is 1.79. The molecule has 0 aliphatic carbocycles. The fourth-order valence-electron chi connectivity index (χ4n) is 3.30. The van der Waals surface area contributed by atoms with Gasteiger partial charge < -0.3 is 20.1 Å². The van der Waals surface area contributed by atoms with Gasteiger partial charge in [0.05, 0.1) is 11.6 Å². The highest BCUT2D eigenvalue weighted by Gasteiger charge is 2.25. The number of aliphatic imine (C=N–C) groups is 1. The highest BCUT2D eigenvalue weighted by molar-refractivity contribution is 6.32. The molecule has 2 N–H and O–H groups in total. The van der Waals surface area contributed by atoms with Gasteiger partial charge in [-0.1, -0.05) is 25.4 Å². The number of halogens is 1. The molecule has 1 fully saturated rings. The maximum atomic E-state index is 6.27. The summed E-state index contributed by atoms with van der Waals surface area (Å²) >= 11 is 6.27. The SMILES string of the molecule is CN=C(NCc1nccn1CC(C)C)NC1CCN(c2ncccc2Cl)C1. The van der Waals surface area contributed by atoms with E-state index in [9.17, 15) is 0 Å². The van der Waals surface area contributed by atoms with Crippen molar-refractivity contribution in [3.05, 3.63) is 41.6 Å². The number of nitrogens with one attached hydrogen (secondary N) is 2. The summed E-state index contributed by atoms with van der Waals surface area (Å²) in [4.78, 5) is 15.4. The van der Waals surface area contributed by atoms with Crippen molar-refractivity contribution in [2.24, 2.45) is 10.9 Å². The van der Waals surface area contributed by atoms with E-state index in [1.54, 1.807) is 13.2 Å². The highest BCUT2D eigenvalue weighted by atomic mass is 35.5. The minimum Gasteiger partial charge on any atom is -0.353 e. The molecule has 146 valence electrons. The molecular formula is C19H28ClN7. The molecule has 3 rings (SSSR count). The lowest BCUT2D eigenvalue weighted by Gasteiger charge is -2.20. The number of hydrogen-bond acceptors (Lipinski definition) is 4. The molecule has 0 aromatic carbocycles. The third-order valence-corrected chi connectivity index (χ3v) is 4.86. The topological polar surface area (TPSA) is 70.4 Å². The standard InChI is InChI=1S/C19H28ClN7/c1-14(2)12-26-10-8-22-17(26)11-24-19(21-3)25-15-6-9-27(13-15)18-16(20)5-4-7-23-18/h4-5,7-8,10,14-15H,6,9,11-13H2,1-3H3,(H2,21,24,25). The van der Waals surface area contributed by atoms with Gasteiger partial charge in [-0.25, -0.2) is 9.97 Å². The average molecular weight is 390 g/mol. The Balaban J connectivity index is 1.53. The fourth-order valence-corrected chi connectivity index (χ4v) is 3.54. The Bertz CT molecular complexity index is 771. The molecule has 8 heteroatoms. The number of hydrogen-bond donors (Lipinski definition) is 2. The van der Waals surface area contributed by atoms with Crippen molar-refractivity contribution < 1.29 is 0 Å². The summed E-state index contributed by atoms with van der Waals surface area (Å²) in [6.07, 6.45) is 6.66. The predicted octanol–water partition coefficient (Wildman–Crippen LogP) is 2.53. The number of guanidine groups is 1. The highest BCUT2D eigenvalue weighted by Crippen LogP contribution is 2.25. The lowest BCUT2D eigenvalue weighted by Crippen LogP contribution is -2.44. The fraction of sp³-hybridized carbons (Fsp3) is 0.526. The van der Waals surface area contributed by atoms with Crippen LogP contribution in [-0.2, 0) is 13.1 Å². The molecule has 0 spiro atoms. The van der Waals surface area contributed by atoms with Crippen LogP contribution in [0.4, 0.5) is 5.82 Å². The van der Waals surface area contributed by atoms with Crippen molar-refractivity contribution >= 4 is 23.4 Å². The third kappa shape index (κ3) is 5.13. The molecule has 7 nitrogen and oxygen atoms in total. The lowest BCUT2D eigenvalue weighted by atomic mass is 10.2. The van der Waals surface area contributed by atoms with Gasteiger partial charge in [-0.15, -0.1) is 0 Å². The first-order valence-electron chi connectivity index (χ1n) is 9.39. The van der Waals surface area contributed by atoms with Crippen LogP contribution in [0.25, 0.3) is 0 Å². The summed E-state index contributed by atoms with van der Waals surface area (Å²) in [5.74, 6) is 3.23. The zero-order valence-corrected chi connectivity index (χ0v) is 16.9. The molecule has 0 bridgehead atoms. The molecule has 1 saturated heterocycles. The van der Waals surface area contributed by atoms with E-state index < -0.39 is 0 Å². The summed E-state index contributed by atoms with van der Waals surface area (Å²) in [5, 5.41) is 7.56. The maximum Gasteiger partial charge on any atom is 0.191 e. The second-order valence-corrected chi connectivity index (χ2v) is 7.61. The molecule has 0 saturated carbocycles. The normalized spacial score (nSPS) is 17.6. The first kappa shape index (κ1) is 19.5. The Kier molecular flexibility index (Phi) is 6.55. The monoisotopic (exact) mass is 389 g/mol. The molecular weight excluding hydrogens is 362 g/mol. The van der Waals surface area contributed by atoms with Gasteiger partial charge in [0.1, 0.15) is 11.6 Å². The van der Waals surface area contributed by atoms with Gasteiger partial charge >= 0.3 is 0 Å². The van der Waals surface area contributed by atoms with Crippen LogP contribution in [0.15, 0.2) is 35.7 Å². The van der Waals surface area contributed by atoms with Crippen LogP contribution in [0.1, 0.15) is 26.1 Å². The maximum absolute atomic E-state index is 6.27. The molecule has 27 heavy (non-hydrogen) atoms. The van der Waals surface area contributed by atoms with Crippen LogP contribution in [0, 0.1) is 5.92 Å². The summed E-state index contributed by atoms with van der Waals surface area (Å²) in [5.41, 5.74) is 0. The van der Waals surface area contributed by atoms with Crippen molar-refractivity contribution in [2.75, 3.05) is 25.0 Å². The number of pyridine rings is 1. The van der Waals surface area contributed by atoms with E-state index in [2.05, 4.69) is 48.9 Å². The quantitative estimate of drug-likeness (QED) is 0.586. The Morgan fingerprint density at radius 3 is 2.96 bits per heavy atom. The number of rotatable bonds is 6. The number of nitrogens with zero attached hydrogens (tertiary/aromatic N) is 5. The number of aromatic nitrogens is 3. The second kappa shape index (κ2) is 9.08. The van der Waals surface area contributed by atoms with Crippen molar-refractivity contribution in [3.8, 4) is 0 Å². The van der Waals surface area contributed by atoms with Gasteiger partial charge in [0.15, 0.2) is 5.96 Å². The van der Waals surface area contributed by atoms with Crippen molar-refractivity contribution in [3.63, 3.8) is 0 Å². The van der Waals surface area contributed by atoms with Gasteiger partial charge in [0, 0.05) is 51.3 Å². The van der Waals surface area contributed by atoms with Crippen molar-refractivity contribution in [1.29, 1.82) is 0 Å². The molecule has 1 atom stereocenters. The number of anilines is 1. The largest absolute Gasteiger partial charge is 0.353 e. The zero-order chi connectivity index (χ0) is 19.2. The van der Waals surface area contributed by atoms with Crippen LogP contribution in [0.5, 0.6) is 0 Å². The smallest absolute Gasteiger partial charge is 0.191 e. The molecule has 1 unspecified atom stereocenters. The molecule has 2 aromatic heterocycles. The van der Waals surface area contributed by atoms with Gasteiger partial charge in [-0.05, 0) is 24.5 Å². The lowest BCUT2D eigenvalue weighted by molar-refractivity contribution is 0.503. The Labute approximate surface area is 165 Å². The van der Waals surface area contributed by atoms with E-state index in [0.29, 0.717) is 23.5 Å². The molecule has 0 amide bonds. The van der Waals surface area contributed by atoms with E-state index in [1.165, 1.54) is 0 Å². The van der Waals surface area contributed by atoms with Crippen molar-refractivity contribution in [1.82, 2.24) is 25.2 Å².